The van der Waals surface area contributed by atoms with Crippen molar-refractivity contribution in [2.24, 2.45) is 0 Å². The Labute approximate surface area is 129 Å². The van der Waals surface area contributed by atoms with Gasteiger partial charge in [-0.1, -0.05) is 35.8 Å². The van der Waals surface area contributed by atoms with Crippen molar-refractivity contribution in [1.29, 1.82) is 0 Å². The maximum Gasteiger partial charge on any atom is 0.410 e. The van der Waals surface area contributed by atoms with Gasteiger partial charge in [-0.25, -0.2) is 4.79 Å². The predicted molar refractivity (Wildman–Crippen MR) is 83.8 cm³/mol. The summed E-state index contributed by atoms with van der Waals surface area (Å²) in [6.45, 7) is 11.3. The molecule has 1 aliphatic rings. The standard InChI is InChI=1S/C16H22BrNO2/c1-15(2,3)20-14(19)18-9-11-6-7-12(17)8-13(11)16(4,5)10-18/h6-8H,9-10H2,1-5H3. The molecule has 110 valence electrons. The summed E-state index contributed by atoms with van der Waals surface area (Å²) in [7, 11) is 0. The van der Waals surface area contributed by atoms with Crippen molar-refractivity contribution in [2.75, 3.05) is 6.54 Å². The third-order valence-corrected chi connectivity index (χ3v) is 3.89. The maximum absolute atomic E-state index is 12.3. The van der Waals surface area contributed by atoms with E-state index in [4.69, 9.17) is 4.74 Å². The van der Waals surface area contributed by atoms with E-state index < -0.39 is 5.60 Å². The van der Waals surface area contributed by atoms with E-state index in [0.717, 1.165) is 4.47 Å². The van der Waals surface area contributed by atoms with Gasteiger partial charge in [0.1, 0.15) is 5.60 Å². The molecule has 0 radical (unpaired) electrons. The van der Waals surface area contributed by atoms with Crippen molar-refractivity contribution < 1.29 is 9.53 Å². The molecule has 1 aromatic rings. The molecule has 1 amide bonds. The zero-order chi connectivity index (χ0) is 15.1. The Hall–Kier alpha value is -1.03. The number of carbonyl (C=O) groups is 1. The number of hydrogen-bond donors (Lipinski definition) is 0. The van der Waals surface area contributed by atoms with Gasteiger partial charge in [-0.3, -0.25) is 0 Å². The Balaban J connectivity index is 2.27. The van der Waals surface area contributed by atoms with Crippen molar-refractivity contribution >= 4 is 22.0 Å². The van der Waals surface area contributed by atoms with E-state index in [1.54, 1.807) is 4.90 Å². The minimum Gasteiger partial charge on any atom is -0.444 e. The largest absolute Gasteiger partial charge is 0.444 e. The second-order valence-electron chi connectivity index (χ2n) is 7.02. The highest BCUT2D eigenvalue weighted by Crippen LogP contribution is 2.35. The first-order valence-electron chi connectivity index (χ1n) is 6.85. The quantitative estimate of drug-likeness (QED) is 0.697. The summed E-state index contributed by atoms with van der Waals surface area (Å²) < 4.78 is 6.57. The minimum atomic E-state index is -0.457. The molecule has 1 heterocycles. The number of rotatable bonds is 0. The number of fused-ring (bicyclic) bond motifs is 1. The second kappa shape index (κ2) is 5.06. The molecular formula is C16H22BrNO2. The van der Waals surface area contributed by atoms with Crippen LogP contribution in [0.1, 0.15) is 45.7 Å². The van der Waals surface area contributed by atoms with Crippen molar-refractivity contribution in [3.8, 4) is 0 Å². The van der Waals surface area contributed by atoms with E-state index in [-0.39, 0.29) is 11.5 Å². The topological polar surface area (TPSA) is 29.5 Å². The fourth-order valence-electron chi connectivity index (χ4n) is 2.60. The van der Waals surface area contributed by atoms with Crippen LogP contribution in [0.25, 0.3) is 0 Å². The molecule has 1 aliphatic heterocycles. The van der Waals surface area contributed by atoms with Gasteiger partial charge in [0.05, 0.1) is 0 Å². The molecule has 3 nitrogen and oxygen atoms in total. The van der Waals surface area contributed by atoms with Crippen LogP contribution in [0, 0.1) is 0 Å². The number of ether oxygens (including phenoxy) is 1. The van der Waals surface area contributed by atoms with Crippen LogP contribution < -0.4 is 0 Å². The monoisotopic (exact) mass is 339 g/mol. The van der Waals surface area contributed by atoms with Gasteiger partial charge in [0.15, 0.2) is 0 Å². The van der Waals surface area contributed by atoms with Gasteiger partial charge in [0.25, 0.3) is 0 Å². The highest BCUT2D eigenvalue weighted by Gasteiger charge is 2.35. The molecule has 1 aromatic carbocycles. The Morgan fingerprint density at radius 3 is 2.60 bits per heavy atom. The van der Waals surface area contributed by atoms with Gasteiger partial charge in [0.2, 0.25) is 0 Å². The van der Waals surface area contributed by atoms with Crippen LogP contribution in [0.3, 0.4) is 0 Å². The smallest absolute Gasteiger partial charge is 0.410 e. The molecule has 4 heteroatoms. The van der Waals surface area contributed by atoms with Gasteiger partial charge in [-0.2, -0.15) is 0 Å². The summed E-state index contributed by atoms with van der Waals surface area (Å²) in [6.07, 6.45) is -0.237. The fourth-order valence-corrected chi connectivity index (χ4v) is 2.96. The van der Waals surface area contributed by atoms with Crippen LogP contribution in [-0.2, 0) is 16.7 Å². The number of halogens is 1. The van der Waals surface area contributed by atoms with Gasteiger partial charge in [-0.15, -0.1) is 0 Å². The SMILES string of the molecule is CC(C)(C)OC(=O)N1Cc2ccc(Br)cc2C(C)(C)C1. The zero-order valence-electron chi connectivity index (χ0n) is 12.8. The normalized spacial score (nSPS) is 17.6. The van der Waals surface area contributed by atoms with E-state index in [0.29, 0.717) is 13.1 Å². The molecule has 0 aromatic heterocycles. The van der Waals surface area contributed by atoms with Crippen LogP contribution in [0.4, 0.5) is 4.79 Å². The fraction of sp³-hybridized carbons (Fsp3) is 0.562. The lowest BCUT2D eigenvalue weighted by Crippen LogP contribution is -2.46. The molecule has 0 bridgehead atoms. The highest BCUT2D eigenvalue weighted by atomic mass is 79.9. The molecule has 0 saturated heterocycles. The van der Waals surface area contributed by atoms with Crippen LogP contribution in [0.2, 0.25) is 0 Å². The Kier molecular flexibility index (Phi) is 3.89. The molecule has 0 atom stereocenters. The molecule has 0 spiro atoms. The minimum absolute atomic E-state index is 0.0751. The number of carbonyl (C=O) groups excluding carboxylic acids is 1. The van der Waals surface area contributed by atoms with Crippen molar-refractivity contribution in [3.63, 3.8) is 0 Å². The molecular weight excluding hydrogens is 318 g/mol. The lowest BCUT2D eigenvalue weighted by Gasteiger charge is -2.40. The first kappa shape index (κ1) is 15.4. The summed E-state index contributed by atoms with van der Waals surface area (Å²) in [5, 5.41) is 0. The summed E-state index contributed by atoms with van der Waals surface area (Å²) in [5.41, 5.74) is 1.96. The maximum atomic E-state index is 12.3. The van der Waals surface area contributed by atoms with Gasteiger partial charge < -0.3 is 9.64 Å². The van der Waals surface area contributed by atoms with Crippen molar-refractivity contribution in [3.05, 3.63) is 33.8 Å². The van der Waals surface area contributed by atoms with E-state index in [9.17, 15) is 4.79 Å². The van der Waals surface area contributed by atoms with E-state index in [1.807, 2.05) is 26.8 Å². The summed E-state index contributed by atoms with van der Waals surface area (Å²) in [6, 6.07) is 6.26. The van der Waals surface area contributed by atoms with E-state index >= 15 is 0 Å². The third-order valence-electron chi connectivity index (χ3n) is 3.40. The van der Waals surface area contributed by atoms with Crippen LogP contribution in [0.15, 0.2) is 22.7 Å². The lowest BCUT2D eigenvalue weighted by atomic mass is 9.78. The first-order valence-corrected chi connectivity index (χ1v) is 7.65. The number of hydrogen-bond acceptors (Lipinski definition) is 2. The Bertz CT molecular complexity index is 532. The second-order valence-corrected chi connectivity index (χ2v) is 7.94. The average molecular weight is 340 g/mol. The summed E-state index contributed by atoms with van der Waals surface area (Å²) in [4.78, 5) is 14.1. The summed E-state index contributed by atoms with van der Waals surface area (Å²) in [5.74, 6) is 0. The Morgan fingerprint density at radius 2 is 2.00 bits per heavy atom. The van der Waals surface area contributed by atoms with Crippen LogP contribution in [0.5, 0.6) is 0 Å². The number of benzene rings is 1. The van der Waals surface area contributed by atoms with Crippen molar-refractivity contribution in [2.45, 2.75) is 52.2 Å². The van der Waals surface area contributed by atoms with Crippen LogP contribution >= 0.6 is 15.9 Å². The third kappa shape index (κ3) is 3.35. The molecule has 2 rings (SSSR count). The molecule has 0 N–H and O–H groups in total. The number of nitrogens with zero attached hydrogens (tertiary/aromatic N) is 1. The molecule has 20 heavy (non-hydrogen) atoms. The molecule has 0 aliphatic carbocycles. The zero-order valence-corrected chi connectivity index (χ0v) is 14.4. The van der Waals surface area contributed by atoms with Gasteiger partial charge in [0, 0.05) is 23.0 Å². The average Bonchev–Trinajstić information content (AvgIpc) is 2.27. The number of amides is 1. The molecule has 0 unspecified atom stereocenters. The molecule has 0 fully saturated rings. The molecule has 0 saturated carbocycles. The first-order chi connectivity index (χ1) is 9.08. The van der Waals surface area contributed by atoms with Gasteiger partial charge in [-0.05, 0) is 44.0 Å². The van der Waals surface area contributed by atoms with E-state index in [1.165, 1.54) is 11.1 Å². The van der Waals surface area contributed by atoms with Gasteiger partial charge >= 0.3 is 6.09 Å². The van der Waals surface area contributed by atoms with E-state index in [2.05, 4.69) is 41.9 Å². The predicted octanol–water partition coefficient (Wildman–Crippen LogP) is 4.48. The Morgan fingerprint density at radius 1 is 1.35 bits per heavy atom. The summed E-state index contributed by atoms with van der Waals surface area (Å²) >= 11 is 3.52. The van der Waals surface area contributed by atoms with Crippen LogP contribution in [-0.4, -0.2) is 23.1 Å². The van der Waals surface area contributed by atoms with Crippen molar-refractivity contribution in [1.82, 2.24) is 4.90 Å². The highest BCUT2D eigenvalue weighted by molar-refractivity contribution is 9.10. The lowest BCUT2D eigenvalue weighted by molar-refractivity contribution is 0.0174.